The van der Waals surface area contributed by atoms with E-state index >= 15 is 0 Å². The highest BCUT2D eigenvalue weighted by Gasteiger charge is 2.62. The molecule has 0 amide bonds. The van der Waals surface area contributed by atoms with Crippen LogP contribution in [0.2, 0.25) is 0 Å². The van der Waals surface area contributed by atoms with E-state index in [4.69, 9.17) is 0 Å². The fraction of sp³-hybridized carbons (Fsp3) is 0.250. The van der Waals surface area contributed by atoms with Gasteiger partial charge in [-0.05, 0) is 172 Å². The number of para-hydroxylation sites is 2. The lowest BCUT2D eigenvalue weighted by Crippen LogP contribution is -2.58. The summed E-state index contributed by atoms with van der Waals surface area (Å²) in [5.74, 6) is 3.16. The standard InChI is InChI=1S/C64H56N2/c1-62(2)54-16-8-5-13-50(54)51-31-29-48(38-58(51)62)65(46-25-21-42(22-26-46)43-23-27-47(28-24-43)66-60-19-11-6-14-52(60)53-15-7-12-20-61(53)66)49-30-32-56-59(39-49)64(57-18-10-9-17-55(57)63(56,3)4)44-34-40-33-41(36-44)37-45(64)35-40/h5-32,38-41,44-45H,33-37H2,1-4H3. The molecule has 0 aliphatic heterocycles. The second-order valence-electron chi connectivity index (χ2n) is 21.8. The summed E-state index contributed by atoms with van der Waals surface area (Å²) in [7, 11) is 0. The van der Waals surface area contributed by atoms with Crippen molar-refractivity contribution in [1.82, 2.24) is 4.57 Å². The van der Waals surface area contributed by atoms with Crippen LogP contribution in [0.3, 0.4) is 0 Å². The van der Waals surface area contributed by atoms with Gasteiger partial charge in [-0.15, -0.1) is 0 Å². The van der Waals surface area contributed by atoms with E-state index in [-0.39, 0.29) is 16.2 Å². The molecule has 66 heavy (non-hydrogen) atoms. The van der Waals surface area contributed by atoms with E-state index in [1.807, 2.05) is 0 Å². The van der Waals surface area contributed by atoms with Gasteiger partial charge in [0.25, 0.3) is 0 Å². The van der Waals surface area contributed by atoms with Crippen molar-refractivity contribution < 1.29 is 0 Å². The minimum Gasteiger partial charge on any atom is -0.310 e. The minimum absolute atomic E-state index is 0.0490. The molecule has 1 heterocycles. The van der Waals surface area contributed by atoms with Crippen LogP contribution in [-0.4, -0.2) is 4.57 Å². The lowest BCUT2D eigenvalue weighted by Gasteiger charge is -2.64. The molecule has 4 saturated carbocycles. The average Bonchev–Trinajstić information content (AvgIpc) is 3.80. The zero-order chi connectivity index (χ0) is 44.1. The van der Waals surface area contributed by atoms with E-state index in [0.717, 1.165) is 11.8 Å². The van der Waals surface area contributed by atoms with E-state index < -0.39 is 0 Å². The Labute approximate surface area is 389 Å². The maximum Gasteiger partial charge on any atom is 0.0541 e. The molecule has 0 atom stereocenters. The van der Waals surface area contributed by atoms with Crippen molar-refractivity contribution in [3.05, 3.63) is 215 Å². The van der Waals surface area contributed by atoms with E-state index in [1.165, 1.54) is 116 Å². The Balaban J connectivity index is 0.910. The molecule has 15 rings (SSSR count). The van der Waals surface area contributed by atoms with Crippen molar-refractivity contribution in [1.29, 1.82) is 0 Å². The van der Waals surface area contributed by atoms with Crippen LogP contribution in [0, 0.1) is 23.7 Å². The van der Waals surface area contributed by atoms with E-state index in [9.17, 15) is 0 Å². The van der Waals surface area contributed by atoms with Crippen molar-refractivity contribution >= 4 is 38.9 Å². The summed E-state index contributed by atoms with van der Waals surface area (Å²) >= 11 is 0. The lowest BCUT2D eigenvalue weighted by atomic mass is 9.39. The average molecular weight is 853 g/mol. The Morgan fingerprint density at radius 3 is 1.52 bits per heavy atom. The van der Waals surface area contributed by atoms with Gasteiger partial charge in [-0.2, -0.15) is 0 Å². The molecule has 4 fully saturated rings. The lowest BCUT2D eigenvalue weighted by molar-refractivity contribution is -0.0443. The maximum atomic E-state index is 2.68. The first kappa shape index (κ1) is 38.6. The van der Waals surface area contributed by atoms with Crippen LogP contribution in [0.1, 0.15) is 93.2 Å². The molecule has 1 aromatic heterocycles. The summed E-state index contributed by atoms with van der Waals surface area (Å²) in [4.78, 5) is 2.58. The second kappa shape index (κ2) is 13.7. The first-order valence-electron chi connectivity index (χ1n) is 24.7. The third-order valence-corrected chi connectivity index (χ3v) is 17.8. The van der Waals surface area contributed by atoms with Gasteiger partial charge in [0.2, 0.25) is 0 Å². The number of anilines is 3. The highest BCUT2D eigenvalue weighted by molar-refractivity contribution is 6.09. The minimum atomic E-state index is -0.100. The summed E-state index contributed by atoms with van der Waals surface area (Å²) in [6, 6.07) is 69.7. The van der Waals surface area contributed by atoms with Crippen LogP contribution in [0.25, 0.3) is 49.7 Å². The molecule has 0 unspecified atom stereocenters. The van der Waals surface area contributed by atoms with Crippen molar-refractivity contribution in [2.75, 3.05) is 4.90 Å². The van der Waals surface area contributed by atoms with Crippen molar-refractivity contribution in [3.8, 4) is 27.9 Å². The summed E-state index contributed by atoms with van der Waals surface area (Å²) in [5, 5.41) is 2.57. The number of fused-ring (bicyclic) bond motifs is 8. The van der Waals surface area contributed by atoms with Gasteiger partial charge >= 0.3 is 0 Å². The zero-order valence-electron chi connectivity index (χ0n) is 38.6. The smallest absolute Gasteiger partial charge is 0.0541 e. The molecule has 2 heteroatoms. The van der Waals surface area contributed by atoms with Gasteiger partial charge in [-0.1, -0.05) is 149 Å². The highest BCUT2D eigenvalue weighted by Crippen LogP contribution is 2.69. The Morgan fingerprint density at radius 1 is 0.394 bits per heavy atom. The van der Waals surface area contributed by atoms with Crippen molar-refractivity contribution in [3.63, 3.8) is 0 Å². The molecule has 2 nitrogen and oxygen atoms in total. The third-order valence-electron chi connectivity index (χ3n) is 17.8. The van der Waals surface area contributed by atoms with Gasteiger partial charge in [0.15, 0.2) is 0 Å². The quantitative estimate of drug-likeness (QED) is 0.167. The fourth-order valence-electron chi connectivity index (χ4n) is 15.1. The predicted molar refractivity (Wildman–Crippen MR) is 275 cm³/mol. The molecule has 6 aliphatic rings. The first-order chi connectivity index (χ1) is 32.2. The molecule has 0 radical (unpaired) electrons. The van der Waals surface area contributed by atoms with Gasteiger partial charge in [-0.3, -0.25) is 0 Å². The Kier molecular flexibility index (Phi) is 8.02. The summed E-state index contributed by atoms with van der Waals surface area (Å²) in [6.07, 6.45) is 6.94. The summed E-state index contributed by atoms with van der Waals surface area (Å²) < 4.78 is 2.40. The second-order valence-corrected chi connectivity index (χ2v) is 21.8. The van der Waals surface area contributed by atoms with Gasteiger partial charge in [0.05, 0.1) is 11.0 Å². The molecule has 6 aliphatic carbocycles. The molecular weight excluding hydrogens is 797 g/mol. The van der Waals surface area contributed by atoms with Gasteiger partial charge < -0.3 is 9.47 Å². The number of hydrogen-bond donors (Lipinski definition) is 0. The SMILES string of the molecule is CC1(C)c2ccccc2-c2ccc(N(c3ccc(-c4ccc(-n5c6ccccc6c6ccccc65)cc4)cc3)c3ccc4c(c3)C3(c5ccccc5C4(C)C)C4CC5CC(C4)CC3C5)cc21. The number of nitrogens with zero attached hydrogens (tertiary/aromatic N) is 2. The molecule has 4 bridgehead atoms. The van der Waals surface area contributed by atoms with Crippen molar-refractivity contribution in [2.24, 2.45) is 23.7 Å². The van der Waals surface area contributed by atoms with Gasteiger partial charge in [0.1, 0.15) is 0 Å². The monoisotopic (exact) mass is 852 g/mol. The maximum absolute atomic E-state index is 2.68. The van der Waals surface area contributed by atoms with Crippen LogP contribution in [0.4, 0.5) is 17.1 Å². The summed E-state index contributed by atoms with van der Waals surface area (Å²) in [6.45, 7) is 9.78. The molecule has 322 valence electrons. The fourth-order valence-corrected chi connectivity index (χ4v) is 15.1. The van der Waals surface area contributed by atoms with Crippen molar-refractivity contribution in [2.45, 2.75) is 76.0 Å². The van der Waals surface area contributed by atoms with Gasteiger partial charge in [-0.25, -0.2) is 0 Å². The Hall–Kier alpha value is -6.64. The molecule has 1 spiro atoms. The normalized spacial score (nSPS) is 23.5. The largest absolute Gasteiger partial charge is 0.310 e. The number of benzene rings is 8. The van der Waals surface area contributed by atoms with Crippen LogP contribution < -0.4 is 4.90 Å². The van der Waals surface area contributed by atoms with Crippen LogP contribution in [0.5, 0.6) is 0 Å². The highest BCUT2D eigenvalue weighted by atomic mass is 15.1. The molecule has 0 saturated heterocycles. The molecular formula is C64H56N2. The van der Waals surface area contributed by atoms with E-state index in [0.29, 0.717) is 11.8 Å². The topological polar surface area (TPSA) is 8.17 Å². The van der Waals surface area contributed by atoms with Crippen LogP contribution >= 0.6 is 0 Å². The number of aromatic nitrogens is 1. The van der Waals surface area contributed by atoms with E-state index in [2.05, 4.69) is 219 Å². The predicted octanol–water partition coefficient (Wildman–Crippen LogP) is 16.6. The first-order valence-corrected chi connectivity index (χ1v) is 24.7. The Morgan fingerprint density at radius 2 is 0.864 bits per heavy atom. The summed E-state index contributed by atoms with van der Waals surface area (Å²) in [5.41, 5.74) is 21.4. The Bertz CT molecular complexity index is 3350. The number of hydrogen-bond acceptors (Lipinski definition) is 1. The third kappa shape index (κ3) is 5.19. The van der Waals surface area contributed by atoms with Crippen LogP contribution in [-0.2, 0) is 16.2 Å². The van der Waals surface area contributed by atoms with Gasteiger partial charge in [0, 0.05) is 49.8 Å². The molecule has 0 N–H and O–H groups in total. The number of rotatable bonds is 5. The molecule has 8 aromatic carbocycles. The van der Waals surface area contributed by atoms with Crippen LogP contribution in [0.15, 0.2) is 182 Å². The molecule has 9 aromatic rings. The van der Waals surface area contributed by atoms with E-state index in [1.54, 1.807) is 16.7 Å². The zero-order valence-corrected chi connectivity index (χ0v) is 38.6.